The van der Waals surface area contributed by atoms with Crippen LogP contribution >= 0.6 is 0 Å². The zero-order valence-electron chi connectivity index (χ0n) is 24.6. The molecule has 4 aromatic rings. The first-order chi connectivity index (χ1) is 20.9. The number of ether oxygens (including phenoxy) is 1. The Kier molecular flexibility index (Phi) is 10.1. The number of carbonyl (C=O) groups excluding carboxylic acids is 1. The first-order valence-electron chi connectivity index (χ1n) is 14.8. The Bertz CT molecular complexity index is 1520. The number of hydrogen-bond acceptors (Lipinski definition) is 5. The summed E-state index contributed by atoms with van der Waals surface area (Å²) in [4.78, 5) is 17.3. The van der Waals surface area contributed by atoms with E-state index in [2.05, 4.69) is 29.2 Å². The summed E-state index contributed by atoms with van der Waals surface area (Å²) in [7, 11) is -3.80. The third-order valence-electron chi connectivity index (χ3n) is 7.83. The highest BCUT2D eigenvalue weighted by Crippen LogP contribution is 2.31. The predicted octanol–water partition coefficient (Wildman–Crippen LogP) is 6.49. The molecule has 1 heterocycles. The number of piperidine rings is 1. The fourth-order valence-electron chi connectivity index (χ4n) is 5.61. The van der Waals surface area contributed by atoms with Crippen LogP contribution in [0.25, 0.3) is 0 Å². The number of aryl methyl sites for hydroxylation is 1. The maximum Gasteiger partial charge on any atom is 0.409 e. The van der Waals surface area contributed by atoms with Gasteiger partial charge in [-0.05, 0) is 54.7 Å². The largest absolute Gasteiger partial charge is 0.448 e. The van der Waals surface area contributed by atoms with E-state index in [4.69, 9.17) is 4.74 Å². The third kappa shape index (κ3) is 7.83. The highest BCUT2D eigenvalue weighted by molar-refractivity contribution is 7.93. The maximum atomic E-state index is 14.0. The molecule has 1 fully saturated rings. The van der Waals surface area contributed by atoms with Crippen molar-refractivity contribution in [2.75, 3.05) is 30.5 Å². The molecule has 0 N–H and O–H groups in total. The van der Waals surface area contributed by atoms with E-state index < -0.39 is 10.0 Å². The minimum Gasteiger partial charge on any atom is -0.448 e. The fraction of sp³-hybridized carbons (Fsp3) is 0.286. The van der Waals surface area contributed by atoms with Crippen LogP contribution in [0.3, 0.4) is 0 Å². The molecule has 8 heteroatoms. The van der Waals surface area contributed by atoms with E-state index in [0.29, 0.717) is 48.6 Å². The molecule has 0 radical (unpaired) electrons. The Morgan fingerprint density at radius 3 is 1.84 bits per heavy atom. The third-order valence-corrected chi connectivity index (χ3v) is 9.87. The minimum atomic E-state index is -3.80. The first kappa shape index (κ1) is 30.3. The molecule has 1 aliphatic heterocycles. The Morgan fingerprint density at radius 2 is 1.28 bits per heavy atom. The van der Waals surface area contributed by atoms with Crippen molar-refractivity contribution >= 4 is 21.8 Å². The molecule has 1 amide bonds. The van der Waals surface area contributed by atoms with Gasteiger partial charge in [0, 0.05) is 38.8 Å². The molecule has 0 bridgehead atoms. The van der Waals surface area contributed by atoms with Gasteiger partial charge < -0.3 is 9.64 Å². The van der Waals surface area contributed by atoms with Gasteiger partial charge in [-0.3, -0.25) is 9.21 Å². The van der Waals surface area contributed by atoms with Crippen LogP contribution in [0.15, 0.2) is 120 Å². The van der Waals surface area contributed by atoms with E-state index in [1.807, 2.05) is 85.8 Å². The number of benzene rings is 4. The average molecular weight is 598 g/mol. The van der Waals surface area contributed by atoms with Crippen molar-refractivity contribution < 1.29 is 17.9 Å². The van der Waals surface area contributed by atoms with Gasteiger partial charge >= 0.3 is 6.09 Å². The predicted molar refractivity (Wildman–Crippen MR) is 170 cm³/mol. The molecular formula is C35H39N3O4S. The van der Waals surface area contributed by atoms with Crippen molar-refractivity contribution in [2.45, 2.75) is 43.8 Å². The number of carbonyl (C=O) groups is 1. The molecule has 0 aromatic heterocycles. The van der Waals surface area contributed by atoms with Gasteiger partial charge in [0.15, 0.2) is 0 Å². The number of likely N-dealkylation sites (tertiary alicyclic amines) is 1. The number of para-hydroxylation sites is 1. The summed E-state index contributed by atoms with van der Waals surface area (Å²) >= 11 is 0. The monoisotopic (exact) mass is 597 g/mol. The van der Waals surface area contributed by atoms with Gasteiger partial charge in [0.1, 0.15) is 6.61 Å². The highest BCUT2D eigenvalue weighted by atomic mass is 32.2. The lowest BCUT2D eigenvalue weighted by atomic mass is 10.0. The summed E-state index contributed by atoms with van der Waals surface area (Å²) in [6.07, 6.45) is 0.679. The maximum absolute atomic E-state index is 14.0. The fourth-order valence-corrected chi connectivity index (χ4v) is 7.55. The molecule has 0 saturated carbocycles. The second-order valence-electron chi connectivity index (χ2n) is 10.9. The second-order valence-corrected chi connectivity index (χ2v) is 12.7. The second kappa shape index (κ2) is 14.4. The molecule has 1 saturated heterocycles. The number of hydrogen-bond donors (Lipinski definition) is 0. The highest BCUT2D eigenvalue weighted by Gasteiger charge is 2.36. The van der Waals surface area contributed by atoms with Crippen LogP contribution in [0, 0.1) is 6.92 Å². The smallest absolute Gasteiger partial charge is 0.409 e. The lowest BCUT2D eigenvalue weighted by Gasteiger charge is -2.38. The molecule has 43 heavy (non-hydrogen) atoms. The van der Waals surface area contributed by atoms with Gasteiger partial charge in [-0.25, -0.2) is 13.2 Å². The zero-order valence-corrected chi connectivity index (χ0v) is 25.4. The molecule has 1 aliphatic rings. The van der Waals surface area contributed by atoms with E-state index in [1.54, 1.807) is 21.3 Å². The molecule has 5 rings (SSSR count). The lowest BCUT2D eigenvalue weighted by molar-refractivity contribution is 0.0806. The Hall–Kier alpha value is -4.14. The molecule has 4 aromatic carbocycles. The van der Waals surface area contributed by atoms with Crippen molar-refractivity contribution in [3.8, 4) is 0 Å². The SMILES string of the molecule is Cc1ccccc1S(=O)(=O)N(c1ccccc1)C1CCN(C(=O)OCCN(Cc2ccccc2)Cc2ccccc2)CC1. The van der Waals surface area contributed by atoms with Crippen LogP contribution in [-0.2, 0) is 27.8 Å². The molecule has 0 atom stereocenters. The molecule has 0 unspecified atom stereocenters. The Morgan fingerprint density at radius 1 is 0.767 bits per heavy atom. The van der Waals surface area contributed by atoms with E-state index >= 15 is 0 Å². The van der Waals surface area contributed by atoms with Gasteiger partial charge in [-0.2, -0.15) is 0 Å². The van der Waals surface area contributed by atoms with Gasteiger partial charge in [0.2, 0.25) is 0 Å². The van der Waals surface area contributed by atoms with Crippen molar-refractivity contribution in [3.05, 3.63) is 132 Å². The van der Waals surface area contributed by atoms with Crippen LogP contribution in [0.4, 0.5) is 10.5 Å². The normalized spacial score (nSPS) is 14.0. The number of amides is 1. The van der Waals surface area contributed by atoms with Crippen LogP contribution in [-0.4, -0.2) is 56.6 Å². The average Bonchev–Trinajstić information content (AvgIpc) is 3.03. The summed E-state index contributed by atoms with van der Waals surface area (Å²) in [6, 6.07) is 36.6. The van der Waals surface area contributed by atoms with E-state index in [0.717, 1.165) is 13.1 Å². The minimum absolute atomic E-state index is 0.274. The number of anilines is 1. The summed E-state index contributed by atoms with van der Waals surface area (Å²) in [5.74, 6) is 0. The van der Waals surface area contributed by atoms with Crippen LogP contribution in [0.2, 0.25) is 0 Å². The van der Waals surface area contributed by atoms with Gasteiger partial charge in [-0.1, -0.05) is 97.1 Å². The summed E-state index contributed by atoms with van der Waals surface area (Å²) < 4.78 is 35.2. The van der Waals surface area contributed by atoms with E-state index in [-0.39, 0.29) is 18.7 Å². The zero-order chi connectivity index (χ0) is 30.1. The molecule has 0 aliphatic carbocycles. The van der Waals surface area contributed by atoms with Crippen molar-refractivity contribution in [1.82, 2.24) is 9.80 Å². The van der Waals surface area contributed by atoms with Crippen molar-refractivity contribution in [2.24, 2.45) is 0 Å². The molecule has 0 spiro atoms. The summed E-state index contributed by atoms with van der Waals surface area (Å²) in [5.41, 5.74) is 3.74. The number of rotatable bonds is 11. The van der Waals surface area contributed by atoms with Crippen LogP contribution in [0.1, 0.15) is 29.5 Å². The molecular weight excluding hydrogens is 558 g/mol. The number of nitrogens with zero attached hydrogens (tertiary/aromatic N) is 3. The van der Waals surface area contributed by atoms with Crippen LogP contribution < -0.4 is 4.31 Å². The van der Waals surface area contributed by atoms with E-state index in [1.165, 1.54) is 11.1 Å². The topological polar surface area (TPSA) is 70.2 Å². The van der Waals surface area contributed by atoms with Crippen molar-refractivity contribution in [1.29, 1.82) is 0 Å². The Labute approximate surface area is 255 Å². The summed E-state index contributed by atoms with van der Waals surface area (Å²) in [5, 5.41) is 0. The Balaban J connectivity index is 1.20. The van der Waals surface area contributed by atoms with Gasteiger partial charge in [-0.15, -0.1) is 0 Å². The van der Waals surface area contributed by atoms with Gasteiger partial charge in [0.05, 0.1) is 10.6 Å². The van der Waals surface area contributed by atoms with Gasteiger partial charge in [0.25, 0.3) is 10.0 Å². The standard InChI is InChI=1S/C35H39N3O4S/c1-29-13-11-12-20-34(29)43(40,41)38(32-18-9-4-10-19-32)33-21-23-37(24-22-33)35(39)42-26-25-36(27-30-14-5-2-6-15-30)28-31-16-7-3-8-17-31/h2-20,33H,21-28H2,1H3. The lowest BCUT2D eigenvalue weighted by Crippen LogP contribution is -2.49. The molecule has 7 nitrogen and oxygen atoms in total. The quantitative estimate of drug-likeness (QED) is 0.198. The summed E-state index contributed by atoms with van der Waals surface area (Å²) in [6.45, 7) is 5.04. The first-order valence-corrected chi connectivity index (χ1v) is 16.2. The van der Waals surface area contributed by atoms with Crippen molar-refractivity contribution in [3.63, 3.8) is 0 Å². The number of sulfonamides is 1. The molecule has 224 valence electrons. The van der Waals surface area contributed by atoms with E-state index in [9.17, 15) is 13.2 Å². The van der Waals surface area contributed by atoms with Crippen LogP contribution in [0.5, 0.6) is 0 Å².